The van der Waals surface area contributed by atoms with E-state index < -0.39 is 11.8 Å². The number of hydrogen-bond acceptors (Lipinski definition) is 4. The van der Waals surface area contributed by atoms with Crippen molar-refractivity contribution in [3.8, 4) is 0 Å². The van der Waals surface area contributed by atoms with Gasteiger partial charge in [-0.2, -0.15) is 0 Å². The third-order valence-electron chi connectivity index (χ3n) is 4.44. The summed E-state index contributed by atoms with van der Waals surface area (Å²) in [5, 5.41) is 2.72. The van der Waals surface area contributed by atoms with Gasteiger partial charge in [-0.3, -0.25) is 9.59 Å². The van der Waals surface area contributed by atoms with Gasteiger partial charge < -0.3 is 15.1 Å². The molecule has 2 aromatic rings. The highest BCUT2D eigenvalue weighted by Crippen LogP contribution is 2.12. The van der Waals surface area contributed by atoms with E-state index in [4.69, 9.17) is 0 Å². The molecule has 1 aromatic heterocycles. The molecule has 6 nitrogen and oxygen atoms in total. The Balaban J connectivity index is 1.50. The van der Waals surface area contributed by atoms with Crippen LogP contribution >= 0.6 is 0 Å². The molecule has 0 unspecified atom stereocenters. The van der Waals surface area contributed by atoms with Gasteiger partial charge in [0, 0.05) is 38.9 Å². The second-order valence-electron chi connectivity index (χ2n) is 6.08. The normalized spacial score (nSPS) is 14.3. The Labute approximate surface area is 147 Å². The highest BCUT2D eigenvalue weighted by Gasteiger charge is 2.26. The summed E-state index contributed by atoms with van der Waals surface area (Å²) in [4.78, 5) is 32.5. The Bertz CT molecular complexity index is 740. The van der Waals surface area contributed by atoms with Gasteiger partial charge >= 0.3 is 11.8 Å². The fourth-order valence-electron chi connectivity index (χ4n) is 2.88. The summed E-state index contributed by atoms with van der Waals surface area (Å²) in [6, 6.07) is 13.6. The number of aryl methyl sites for hydroxylation is 1. The molecule has 0 atom stereocenters. The van der Waals surface area contributed by atoms with Crippen molar-refractivity contribution in [2.75, 3.05) is 31.1 Å². The van der Waals surface area contributed by atoms with Crippen LogP contribution in [0.2, 0.25) is 0 Å². The Hall–Kier alpha value is -2.89. The molecule has 0 aliphatic carbocycles. The molecule has 1 aliphatic rings. The predicted octanol–water partition coefficient (Wildman–Crippen LogP) is 1.36. The Kier molecular flexibility index (Phi) is 5.28. The SMILES string of the molecule is Cc1ccccc1CNC(=O)C(=O)N1CCN(c2ccccn2)CC1. The summed E-state index contributed by atoms with van der Waals surface area (Å²) in [5.74, 6) is -0.109. The molecule has 2 amide bonds. The van der Waals surface area contributed by atoms with Crippen LogP contribution in [0.15, 0.2) is 48.7 Å². The molecule has 6 heteroatoms. The summed E-state index contributed by atoms with van der Waals surface area (Å²) >= 11 is 0. The number of benzene rings is 1. The molecule has 1 fully saturated rings. The summed E-state index contributed by atoms with van der Waals surface area (Å²) < 4.78 is 0. The average molecular weight is 338 g/mol. The van der Waals surface area contributed by atoms with Gasteiger partial charge in [0.1, 0.15) is 5.82 Å². The fourth-order valence-corrected chi connectivity index (χ4v) is 2.88. The van der Waals surface area contributed by atoms with Gasteiger partial charge in [-0.1, -0.05) is 30.3 Å². The van der Waals surface area contributed by atoms with Crippen LogP contribution in [-0.4, -0.2) is 47.9 Å². The van der Waals surface area contributed by atoms with E-state index >= 15 is 0 Å². The van der Waals surface area contributed by atoms with Gasteiger partial charge in [0.15, 0.2) is 0 Å². The molecule has 0 radical (unpaired) electrons. The smallest absolute Gasteiger partial charge is 0.312 e. The first-order valence-corrected chi connectivity index (χ1v) is 8.43. The molecule has 0 spiro atoms. The number of nitrogens with one attached hydrogen (secondary N) is 1. The molecule has 130 valence electrons. The number of pyridine rings is 1. The van der Waals surface area contributed by atoms with Gasteiger partial charge in [-0.25, -0.2) is 4.98 Å². The zero-order valence-electron chi connectivity index (χ0n) is 14.3. The zero-order chi connectivity index (χ0) is 17.6. The van der Waals surface area contributed by atoms with E-state index in [1.54, 1.807) is 11.1 Å². The molecule has 1 saturated heterocycles. The first-order chi connectivity index (χ1) is 12.1. The molecule has 1 aromatic carbocycles. The lowest BCUT2D eigenvalue weighted by atomic mass is 10.1. The van der Waals surface area contributed by atoms with E-state index in [1.807, 2.05) is 49.4 Å². The van der Waals surface area contributed by atoms with Crippen LogP contribution in [0.3, 0.4) is 0 Å². The topological polar surface area (TPSA) is 65.5 Å². The van der Waals surface area contributed by atoms with Gasteiger partial charge in [-0.15, -0.1) is 0 Å². The first kappa shape index (κ1) is 17.0. The quantitative estimate of drug-likeness (QED) is 0.858. The molecule has 3 rings (SSSR count). The molecule has 0 saturated carbocycles. The van der Waals surface area contributed by atoms with Crippen molar-refractivity contribution >= 4 is 17.6 Å². The summed E-state index contributed by atoms with van der Waals surface area (Å²) in [6.45, 7) is 4.74. The first-order valence-electron chi connectivity index (χ1n) is 8.43. The number of aromatic nitrogens is 1. The van der Waals surface area contributed by atoms with Crippen molar-refractivity contribution in [3.63, 3.8) is 0 Å². The Morgan fingerprint density at radius 2 is 1.76 bits per heavy atom. The van der Waals surface area contributed by atoms with Crippen molar-refractivity contribution in [2.24, 2.45) is 0 Å². The second kappa shape index (κ2) is 7.79. The minimum Gasteiger partial charge on any atom is -0.353 e. The summed E-state index contributed by atoms with van der Waals surface area (Å²) in [7, 11) is 0. The number of rotatable bonds is 3. The molecule has 25 heavy (non-hydrogen) atoms. The maximum atomic E-state index is 12.3. The van der Waals surface area contributed by atoms with Crippen LogP contribution in [0, 0.1) is 6.92 Å². The monoisotopic (exact) mass is 338 g/mol. The summed E-state index contributed by atoms with van der Waals surface area (Å²) in [6.07, 6.45) is 1.76. The van der Waals surface area contributed by atoms with E-state index in [9.17, 15) is 9.59 Å². The highest BCUT2D eigenvalue weighted by molar-refractivity contribution is 6.35. The number of piperazine rings is 1. The Morgan fingerprint density at radius 1 is 1.04 bits per heavy atom. The van der Waals surface area contributed by atoms with Gasteiger partial charge in [0.2, 0.25) is 0 Å². The maximum Gasteiger partial charge on any atom is 0.312 e. The lowest BCUT2D eigenvalue weighted by Crippen LogP contribution is -2.52. The van der Waals surface area contributed by atoms with Gasteiger partial charge in [0.05, 0.1) is 0 Å². The minimum absolute atomic E-state index is 0.366. The van der Waals surface area contributed by atoms with Gasteiger partial charge in [-0.05, 0) is 30.2 Å². The van der Waals surface area contributed by atoms with E-state index in [-0.39, 0.29) is 0 Å². The van der Waals surface area contributed by atoms with E-state index in [0.717, 1.165) is 16.9 Å². The van der Waals surface area contributed by atoms with Crippen molar-refractivity contribution in [1.29, 1.82) is 0 Å². The van der Waals surface area contributed by atoms with Crippen molar-refractivity contribution in [3.05, 3.63) is 59.8 Å². The molecule has 1 N–H and O–H groups in total. The standard InChI is InChI=1S/C19H22N4O2/c1-15-6-2-3-7-16(15)14-21-18(24)19(25)23-12-10-22(11-13-23)17-8-4-5-9-20-17/h2-9H,10-14H2,1H3,(H,21,24). The molecule has 1 aliphatic heterocycles. The number of carbonyl (C=O) groups excluding carboxylic acids is 2. The van der Waals surface area contributed by atoms with Crippen molar-refractivity contribution < 1.29 is 9.59 Å². The molecular weight excluding hydrogens is 316 g/mol. The van der Waals surface area contributed by atoms with E-state index in [1.165, 1.54) is 0 Å². The van der Waals surface area contributed by atoms with Crippen molar-refractivity contribution in [1.82, 2.24) is 15.2 Å². The van der Waals surface area contributed by atoms with Crippen LogP contribution in [0.5, 0.6) is 0 Å². The van der Waals surface area contributed by atoms with E-state index in [2.05, 4.69) is 15.2 Å². The lowest BCUT2D eigenvalue weighted by molar-refractivity contribution is -0.146. The lowest BCUT2D eigenvalue weighted by Gasteiger charge is -2.35. The average Bonchev–Trinajstić information content (AvgIpc) is 2.67. The minimum atomic E-state index is -0.547. The number of amides is 2. The second-order valence-corrected chi connectivity index (χ2v) is 6.08. The van der Waals surface area contributed by atoms with Crippen LogP contribution in [0.4, 0.5) is 5.82 Å². The van der Waals surface area contributed by atoms with Crippen molar-refractivity contribution in [2.45, 2.75) is 13.5 Å². The van der Waals surface area contributed by atoms with Crippen LogP contribution in [-0.2, 0) is 16.1 Å². The number of anilines is 1. The zero-order valence-corrected chi connectivity index (χ0v) is 14.3. The predicted molar refractivity (Wildman–Crippen MR) is 96.1 cm³/mol. The summed E-state index contributed by atoms with van der Waals surface area (Å²) in [5.41, 5.74) is 2.11. The van der Waals surface area contributed by atoms with Gasteiger partial charge in [0.25, 0.3) is 0 Å². The van der Waals surface area contributed by atoms with Crippen LogP contribution < -0.4 is 10.2 Å². The van der Waals surface area contributed by atoms with Crippen LogP contribution in [0.25, 0.3) is 0 Å². The number of carbonyl (C=O) groups is 2. The van der Waals surface area contributed by atoms with Crippen LogP contribution in [0.1, 0.15) is 11.1 Å². The molecule has 2 heterocycles. The highest BCUT2D eigenvalue weighted by atomic mass is 16.2. The number of nitrogens with zero attached hydrogens (tertiary/aromatic N) is 3. The fraction of sp³-hybridized carbons (Fsp3) is 0.316. The maximum absolute atomic E-state index is 12.3. The molecular formula is C19H22N4O2. The molecule has 0 bridgehead atoms. The third kappa shape index (κ3) is 4.15. The largest absolute Gasteiger partial charge is 0.353 e. The third-order valence-corrected chi connectivity index (χ3v) is 4.44. The Morgan fingerprint density at radius 3 is 2.44 bits per heavy atom. The van der Waals surface area contributed by atoms with E-state index in [0.29, 0.717) is 32.7 Å². The number of hydrogen-bond donors (Lipinski definition) is 1.